The first-order valence-corrected chi connectivity index (χ1v) is 6.77. The standard InChI is InChI=1S/C10H14N4O3S2/c1-3-7-13-14-10(19-7)12-9(18)11-6(15)4-5-8(16)17-2/h3-5H2,1-2H3,(H2,11,12,14,15,18). The van der Waals surface area contributed by atoms with Crippen molar-refractivity contribution < 1.29 is 14.3 Å². The minimum absolute atomic E-state index is 0.0176. The van der Waals surface area contributed by atoms with Gasteiger partial charge in [-0.05, 0) is 18.6 Å². The van der Waals surface area contributed by atoms with E-state index in [1.165, 1.54) is 18.4 Å². The summed E-state index contributed by atoms with van der Waals surface area (Å²) in [6, 6.07) is 0. The lowest BCUT2D eigenvalue weighted by Crippen LogP contribution is -2.34. The summed E-state index contributed by atoms with van der Waals surface area (Å²) in [5.74, 6) is -0.797. The van der Waals surface area contributed by atoms with Crippen LogP contribution in [0.3, 0.4) is 0 Å². The predicted molar refractivity (Wildman–Crippen MR) is 74.9 cm³/mol. The highest BCUT2D eigenvalue weighted by Crippen LogP contribution is 2.14. The average Bonchev–Trinajstić information content (AvgIpc) is 2.83. The molecule has 7 nitrogen and oxygen atoms in total. The van der Waals surface area contributed by atoms with Crippen LogP contribution in [-0.4, -0.2) is 34.3 Å². The third kappa shape index (κ3) is 5.71. The van der Waals surface area contributed by atoms with Gasteiger partial charge in [-0.25, -0.2) is 0 Å². The second-order valence-corrected chi connectivity index (χ2v) is 4.90. The Hall–Kier alpha value is -1.61. The zero-order valence-electron chi connectivity index (χ0n) is 10.6. The van der Waals surface area contributed by atoms with Crippen molar-refractivity contribution in [2.45, 2.75) is 26.2 Å². The zero-order chi connectivity index (χ0) is 14.3. The molecule has 1 amide bonds. The molecular weight excluding hydrogens is 288 g/mol. The lowest BCUT2D eigenvalue weighted by Gasteiger charge is -2.06. The van der Waals surface area contributed by atoms with Gasteiger partial charge in [-0.15, -0.1) is 10.2 Å². The first-order chi connectivity index (χ1) is 9.05. The molecule has 0 atom stereocenters. The van der Waals surface area contributed by atoms with E-state index in [2.05, 4.69) is 25.6 Å². The molecule has 104 valence electrons. The van der Waals surface area contributed by atoms with Crippen LogP contribution in [0.4, 0.5) is 5.13 Å². The van der Waals surface area contributed by atoms with Crippen LogP contribution in [0.25, 0.3) is 0 Å². The van der Waals surface area contributed by atoms with Gasteiger partial charge in [0.25, 0.3) is 0 Å². The molecule has 0 bridgehead atoms. The van der Waals surface area contributed by atoms with E-state index in [-0.39, 0.29) is 23.9 Å². The van der Waals surface area contributed by atoms with Gasteiger partial charge in [0.15, 0.2) is 5.11 Å². The average molecular weight is 302 g/mol. The molecule has 1 aromatic heterocycles. The maximum absolute atomic E-state index is 11.4. The molecule has 0 saturated heterocycles. The first kappa shape index (κ1) is 15.4. The van der Waals surface area contributed by atoms with E-state index in [4.69, 9.17) is 12.2 Å². The van der Waals surface area contributed by atoms with Crippen molar-refractivity contribution in [2.24, 2.45) is 0 Å². The van der Waals surface area contributed by atoms with Crippen molar-refractivity contribution in [3.8, 4) is 0 Å². The molecule has 1 heterocycles. The third-order valence-electron chi connectivity index (χ3n) is 2.03. The zero-order valence-corrected chi connectivity index (χ0v) is 12.2. The van der Waals surface area contributed by atoms with Crippen LogP contribution in [0, 0.1) is 0 Å². The van der Waals surface area contributed by atoms with Crippen molar-refractivity contribution in [3.05, 3.63) is 5.01 Å². The van der Waals surface area contributed by atoms with Crippen LogP contribution in [-0.2, 0) is 20.7 Å². The first-order valence-electron chi connectivity index (χ1n) is 5.55. The van der Waals surface area contributed by atoms with Crippen molar-refractivity contribution in [3.63, 3.8) is 0 Å². The van der Waals surface area contributed by atoms with Crippen molar-refractivity contribution in [1.29, 1.82) is 0 Å². The number of rotatable bonds is 5. The normalized spacial score (nSPS) is 9.79. The fourth-order valence-electron chi connectivity index (χ4n) is 1.08. The topological polar surface area (TPSA) is 93.2 Å². The van der Waals surface area contributed by atoms with Gasteiger partial charge in [0.2, 0.25) is 11.0 Å². The Morgan fingerprint density at radius 3 is 2.68 bits per heavy atom. The number of anilines is 1. The second-order valence-electron chi connectivity index (χ2n) is 3.43. The molecule has 19 heavy (non-hydrogen) atoms. The number of amides is 1. The maximum atomic E-state index is 11.4. The molecule has 9 heteroatoms. The van der Waals surface area contributed by atoms with Crippen LogP contribution in [0.2, 0.25) is 0 Å². The van der Waals surface area contributed by atoms with Gasteiger partial charge in [-0.3, -0.25) is 9.59 Å². The summed E-state index contributed by atoms with van der Waals surface area (Å²) in [4.78, 5) is 22.3. The summed E-state index contributed by atoms with van der Waals surface area (Å²) in [5.41, 5.74) is 0. The molecule has 1 rings (SSSR count). The highest BCUT2D eigenvalue weighted by atomic mass is 32.1. The van der Waals surface area contributed by atoms with Crippen LogP contribution in [0.15, 0.2) is 0 Å². The molecule has 0 fully saturated rings. The lowest BCUT2D eigenvalue weighted by molar-refractivity contribution is -0.142. The Balaban J connectivity index is 2.34. The maximum Gasteiger partial charge on any atom is 0.306 e. The molecule has 0 radical (unpaired) electrons. The summed E-state index contributed by atoms with van der Waals surface area (Å²) >= 11 is 6.31. The van der Waals surface area contributed by atoms with Gasteiger partial charge in [-0.2, -0.15) is 0 Å². The van der Waals surface area contributed by atoms with E-state index in [0.717, 1.165) is 11.4 Å². The fraction of sp³-hybridized carbons (Fsp3) is 0.500. The van der Waals surface area contributed by atoms with E-state index in [1.807, 2.05) is 6.92 Å². The quantitative estimate of drug-likeness (QED) is 0.615. The summed E-state index contributed by atoms with van der Waals surface area (Å²) in [6.45, 7) is 1.97. The summed E-state index contributed by atoms with van der Waals surface area (Å²) in [7, 11) is 1.27. The van der Waals surface area contributed by atoms with Crippen molar-refractivity contribution in [1.82, 2.24) is 15.5 Å². The smallest absolute Gasteiger partial charge is 0.306 e. The van der Waals surface area contributed by atoms with E-state index in [9.17, 15) is 9.59 Å². The fourth-order valence-corrected chi connectivity index (χ4v) is 2.04. The number of nitrogens with zero attached hydrogens (tertiary/aromatic N) is 2. The Kier molecular flexibility index (Phi) is 6.30. The Bertz CT molecular complexity index is 475. The number of hydrogen-bond donors (Lipinski definition) is 2. The SMILES string of the molecule is CCc1nnc(NC(=S)NC(=O)CCC(=O)OC)s1. The number of nitrogens with one attached hydrogen (secondary N) is 2. The second kappa shape index (κ2) is 7.74. The monoisotopic (exact) mass is 302 g/mol. The number of carbonyl (C=O) groups excluding carboxylic acids is 2. The molecule has 0 aromatic carbocycles. The van der Waals surface area contributed by atoms with E-state index < -0.39 is 5.97 Å². The highest BCUT2D eigenvalue weighted by Gasteiger charge is 2.10. The number of esters is 1. The van der Waals surface area contributed by atoms with Crippen LogP contribution in [0.5, 0.6) is 0 Å². The number of aromatic nitrogens is 2. The number of thiocarbonyl (C=S) groups is 1. The Morgan fingerprint density at radius 1 is 1.37 bits per heavy atom. The van der Waals surface area contributed by atoms with Crippen LogP contribution >= 0.6 is 23.6 Å². The van der Waals surface area contributed by atoms with Gasteiger partial charge in [0, 0.05) is 6.42 Å². The van der Waals surface area contributed by atoms with Crippen LogP contribution < -0.4 is 10.6 Å². The van der Waals surface area contributed by atoms with Gasteiger partial charge in [0.05, 0.1) is 13.5 Å². The Morgan fingerprint density at radius 2 is 2.11 bits per heavy atom. The minimum Gasteiger partial charge on any atom is -0.469 e. The molecule has 1 aromatic rings. The minimum atomic E-state index is -0.439. The van der Waals surface area contributed by atoms with Gasteiger partial charge >= 0.3 is 5.97 Å². The summed E-state index contributed by atoms with van der Waals surface area (Å²) in [6.07, 6.45) is 0.826. The molecule has 0 aliphatic carbocycles. The molecule has 0 saturated carbocycles. The number of carbonyl (C=O) groups is 2. The molecule has 0 aliphatic rings. The summed E-state index contributed by atoms with van der Waals surface area (Å²) < 4.78 is 4.43. The van der Waals surface area contributed by atoms with E-state index in [0.29, 0.717) is 5.13 Å². The largest absolute Gasteiger partial charge is 0.469 e. The predicted octanol–water partition coefficient (Wildman–Crippen LogP) is 0.867. The van der Waals surface area contributed by atoms with Crippen LogP contribution in [0.1, 0.15) is 24.8 Å². The van der Waals surface area contributed by atoms with Crippen molar-refractivity contribution >= 4 is 45.7 Å². The number of hydrogen-bond acceptors (Lipinski definition) is 7. The third-order valence-corrected chi connectivity index (χ3v) is 3.21. The van der Waals surface area contributed by atoms with Crippen molar-refractivity contribution in [2.75, 3.05) is 12.4 Å². The number of ether oxygens (including phenoxy) is 1. The summed E-state index contributed by atoms with van der Waals surface area (Å²) in [5, 5.41) is 14.5. The van der Waals surface area contributed by atoms with Gasteiger partial charge in [-0.1, -0.05) is 18.3 Å². The number of aryl methyl sites for hydroxylation is 1. The highest BCUT2D eigenvalue weighted by molar-refractivity contribution is 7.80. The van der Waals surface area contributed by atoms with E-state index in [1.54, 1.807) is 0 Å². The molecule has 2 N–H and O–H groups in total. The van der Waals surface area contributed by atoms with E-state index >= 15 is 0 Å². The lowest BCUT2D eigenvalue weighted by atomic mass is 10.3. The number of methoxy groups -OCH3 is 1. The molecule has 0 spiro atoms. The van der Waals surface area contributed by atoms with Gasteiger partial charge < -0.3 is 15.4 Å². The van der Waals surface area contributed by atoms with Gasteiger partial charge in [0.1, 0.15) is 5.01 Å². The molecular formula is C10H14N4O3S2. The Labute approximate surface area is 119 Å². The molecule has 0 aliphatic heterocycles. The molecule has 0 unspecified atom stereocenters.